The minimum absolute atomic E-state index is 0.000713. The molecule has 0 fully saturated rings. The molecule has 1 aromatic carbocycles. The average Bonchev–Trinajstić information content (AvgIpc) is 2.43. The maximum absolute atomic E-state index is 11.8. The molecule has 20 heavy (non-hydrogen) atoms. The van der Waals surface area contributed by atoms with Crippen LogP contribution in [0.25, 0.3) is 0 Å². The molecular weight excluding hydrogens is 290 g/mol. The Morgan fingerprint density at radius 3 is 2.45 bits per heavy atom. The number of amides is 1. The van der Waals surface area contributed by atoms with Gasteiger partial charge in [-0.3, -0.25) is 20.3 Å². The Bertz CT molecular complexity index is 584. The van der Waals surface area contributed by atoms with Crippen LogP contribution < -0.4 is 10.3 Å². The lowest BCUT2D eigenvalue weighted by atomic mass is 10.3. The minimum Gasteiger partial charge on any atom is -0.384 e. The van der Waals surface area contributed by atoms with E-state index in [4.69, 9.17) is 0 Å². The minimum atomic E-state index is -3.97. The monoisotopic (exact) mass is 303 g/mol. The summed E-state index contributed by atoms with van der Waals surface area (Å²) in [5.74, 6) is -0.558. The number of non-ortho nitro benzene ring substituents is 1. The molecule has 0 unspecified atom stereocenters. The zero-order chi connectivity index (χ0) is 15.2. The van der Waals surface area contributed by atoms with Gasteiger partial charge in [-0.05, 0) is 12.1 Å². The lowest BCUT2D eigenvalue weighted by Crippen LogP contribution is -2.41. The van der Waals surface area contributed by atoms with Crippen LogP contribution in [0.4, 0.5) is 5.69 Å². The van der Waals surface area contributed by atoms with Gasteiger partial charge in [0.15, 0.2) is 0 Å². The van der Waals surface area contributed by atoms with E-state index < -0.39 is 20.9 Å². The average molecular weight is 303 g/mol. The van der Waals surface area contributed by atoms with Crippen molar-refractivity contribution in [1.29, 1.82) is 0 Å². The number of ether oxygens (including phenoxy) is 1. The van der Waals surface area contributed by atoms with Crippen molar-refractivity contribution < 1.29 is 22.9 Å². The second-order valence-corrected chi connectivity index (χ2v) is 5.33. The van der Waals surface area contributed by atoms with Crippen molar-refractivity contribution in [3.05, 3.63) is 34.4 Å². The van der Waals surface area contributed by atoms with Gasteiger partial charge in [-0.2, -0.15) is 0 Å². The first-order valence-electron chi connectivity index (χ1n) is 5.41. The number of nitrogens with zero attached hydrogens (tertiary/aromatic N) is 1. The predicted octanol–water partition coefficient (Wildman–Crippen LogP) is -0.0592. The Hall–Kier alpha value is -2.04. The molecule has 0 aliphatic heterocycles. The third-order valence-corrected chi connectivity index (χ3v) is 3.48. The van der Waals surface area contributed by atoms with Crippen LogP contribution in [-0.2, 0) is 19.6 Å². The first-order chi connectivity index (χ1) is 9.36. The molecule has 0 spiro atoms. The highest BCUT2D eigenvalue weighted by molar-refractivity contribution is 7.89. The van der Waals surface area contributed by atoms with E-state index in [9.17, 15) is 23.3 Å². The number of carbonyl (C=O) groups excluding carboxylic acids is 1. The number of nitro benzene ring substituents is 1. The molecule has 0 atom stereocenters. The second-order valence-electron chi connectivity index (χ2n) is 3.65. The molecule has 1 amide bonds. The number of hydrogen-bond donors (Lipinski definition) is 2. The fraction of sp³-hybridized carbons (Fsp3) is 0.300. The maximum Gasteiger partial charge on any atom is 0.269 e. The zero-order valence-corrected chi connectivity index (χ0v) is 11.3. The predicted molar refractivity (Wildman–Crippen MR) is 68.1 cm³/mol. The standard InChI is InChI=1S/C10H13N3O6S/c1-19-7-6-10(14)11-12-20(17,18)9-4-2-8(3-5-9)13(15)16/h2-5,12H,6-7H2,1H3,(H,11,14). The van der Waals surface area contributed by atoms with Gasteiger partial charge in [0, 0.05) is 19.2 Å². The SMILES string of the molecule is COCCC(=O)NNS(=O)(=O)c1ccc([N+](=O)[O-])cc1. The van der Waals surface area contributed by atoms with Gasteiger partial charge >= 0.3 is 0 Å². The number of methoxy groups -OCH3 is 1. The van der Waals surface area contributed by atoms with Gasteiger partial charge in [-0.25, -0.2) is 8.42 Å². The molecule has 1 aromatic rings. The van der Waals surface area contributed by atoms with Crippen molar-refractivity contribution in [2.45, 2.75) is 11.3 Å². The van der Waals surface area contributed by atoms with Crippen molar-refractivity contribution in [2.24, 2.45) is 0 Å². The van der Waals surface area contributed by atoms with Crippen LogP contribution in [0.3, 0.4) is 0 Å². The highest BCUT2D eigenvalue weighted by Crippen LogP contribution is 2.15. The van der Waals surface area contributed by atoms with Gasteiger partial charge in [0.1, 0.15) is 0 Å². The number of carbonyl (C=O) groups is 1. The molecule has 0 saturated carbocycles. The van der Waals surface area contributed by atoms with Gasteiger partial charge < -0.3 is 4.74 Å². The smallest absolute Gasteiger partial charge is 0.269 e. The molecule has 10 heteroatoms. The van der Waals surface area contributed by atoms with E-state index >= 15 is 0 Å². The Labute approximate surface area is 115 Å². The number of nitrogens with one attached hydrogen (secondary N) is 2. The van der Waals surface area contributed by atoms with E-state index in [0.717, 1.165) is 24.3 Å². The van der Waals surface area contributed by atoms with Crippen molar-refractivity contribution >= 4 is 21.6 Å². The Morgan fingerprint density at radius 2 is 1.95 bits per heavy atom. The molecule has 0 aliphatic rings. The largest absolute Gasteiger partial charge is 0.384 e. The molecule has 1 rings (SSSR count). The lowest BCUT2D eigenvalue weighted by molar-refractivity contribution is -0.384. The number of rotatable bonds is 7. The molecule has 2 N–H and O–H groups in total. The van der Waals surface area contributed by atoms with Crippen LogP contribution in [0, 0.1) is 10.1 Å². The van der Waals surface area contributed by atoms with Crippen molar-refractivity contribution in [3.63, 3.8) is 0 Å². The fourth-order valence-corrected chi connectivity index (χ4v) is 2.05. The number of sulfonamides is 1. The van der Waals surface area contributed by atoms with Crippen molar-refractivity contribution in [2.75, 3.05) is 13.7 Å². The van der Waals surface area contributed by atoms with Crippen LogP contribution in [-0.4, -0.2) is 33.0 Å². The number of benzene rings is 1. The van der Waals surface area contributed by atoms with E-state index in [1.54, 1.807) is 0 Å². The highest BCUT2D eigenvalue weighted by atomic mass is 32.2. The maximum atomic E-state index is 11.8. The summed E-state index contributed by atoms with van der Waals surface area (Å²) in [4.78, 5) is 22.7. The van der Waals surface area contributed by atoms with E-state index in [0.29, 0.717) is 0 Å². The van der Waals surface area contributed by atoms with Crippen LogP contribution in [0.15, 0.2) is 29.2 Å². The molecule has 0 radical (unpaired) electrons. The number of nitro groups is 1. The molecule has 0 aliphatic carbocycles. The summed E-state index contributed by atoms with van der Waals surface area (Å²) in [7, 11) is -2.56. The van der Waals surface area contributed by atoms with Crippen LogP contribution in [0.5, 0.6) is 0 Å². The number of hydrogen-bond acceptors (Lipinski definition) is 6. The van der Waals surface area contributed by atoms with Gasteiger partial charge in [0.05, 0.1) is 22.8 Å². The van der Waals surface area contributed by atoms with Crippen LogP contribution in [0.1, 0.15) is 6.42 Å². The molecule has 110 valence electrons. The number of hydrazine groups is 1. The summed E-state index contributed by atoms with van der Waals surface area (Å²) >= 11 is 0. The lowest BCUT2D eigenvalue weighted by Gasteiger charge is -2.08. The molecule has 0 aromatic heterocycles. The van der Waals surface area contributed by atoms with E-state index in [2.05, 4.69) is 4.74 Å². The van der Waals surface area contributed by atoms with E-state index in [1.807, 2.05) is 10.3 Å². The Kier molecular flexibility index (Phi) is 5.55. The summed E-state index contributed by atoms with van der Waals surface area (Å²) < 4.78 is 28.2. The second kappa shape index (κ2) is 6.93. The topological polar surface area (TPSA) is 128 Å². The summed E-state index contributed by atoms with van der Waals surface area (Å²) in [6.45, 7) is 0.158. The van der Waals surface area contributed by atoms with Crippen molar-refractivity contribution in [3.8, 4) is 0 Å². The van der Waals surface area contributed by atoms with Gasteiger partial charge in [-0.15, -0.1) is 4.83 Å². The highest BCUT2D eigenvalue weighted by Gasteiger charge is 2.16. The van der Waals surface area contributed by atoms with E-state index in [-0.39, 0.29) is 23.6 Å². The van der Waals surface area contributed by atoms with Crippen molar-refractivity contribution in [1.82, 2.24) is 10.3 Å². The van der Waals surface area contributed by atoms with Crippen LogP contribution >= 0.6 is 0 Å². The summed E-state index contributed by atoms with van der Waals surface area (Å²) in [5, 5.41) is 10.4. The van der Waals surface area contributed by atoms with Crippen LogP contribution in [0.2, 0.25) is 0 Å². The normalized spacial score (nSPS) is 11.1. The summed E-state index contributed by atoms with van der Waals surface area (Å²) in [5.41, 5.74) is 1.77. The third kappa shape index (κ3) is 4.57. The summed E-state index contributed by atoms with van der Waals surface area (Å²) in [6.07, 6.45) is -0.000713. The molecule has 0 heterocycles. The molecular formula is C10H13N3O6S. The molecule has 9 nitrogen and oxygen atoms in total. The quantitative estimate of drug-likeness (QED) is 0.536. The third-order valence-electron chi connectivity index (χ3n) is 2.22. The first-order valence-corrected chi connectivity index (χ1v) is 6.89. The molecule has 0 bridgehead atoms. The van der Waals surface area contributed by atoms with Gasteiger partial charge in [0.25, 0.3) is 15.7 Å². The summed E-state index contributed by atoms with van der Waals surface area (Å²) in [6, 6.07) is 4.26. The van der Waals surface area contributed by atoms with Gasteiger partial charge in [0.2, 0.25) is 5.91 Å². The van der Waals surface area contributed by atoms with Gasteiger partial charge in [-0.1, -0.05) is 0 Å². The zero-order valence-electron chi connectivity index (χ0n) is 10.5. The Morgan fingerprint density at radius 1 is 1.35 bits per heavy atom. The fourth-order valence-electron chi connectivity index (χ4n) is 1.19. The first kappa shape index (κ1) is 16.0. The Balaban J connectivity index is 2.69. The molecule has 0 saturated heterocycles. The van der Waals surface area contributed by atoms with E-state index in [1.165, 1.54) is 7.11 Å².